The van der Waals surface area contributed by atoms with E-state index in [0.717, 1.165) is 19.6 Å². The summed E-state index contributed by atoms with van der Waals surface area (Å²) in [6.45, 7) is 2.81. The molecule has 0 amide bonds. The summed E-state index contributed by atoms with van der Waals surface area (Å²) in [7, 11) is 4.11. The second-order valence-electron chi connectivity index (χ2n) is 5.45. The zero-order valence-corrected chi connectivity index (χ0v) is 12.1. The quantitative estimate of drug-likeness (QED) is 0.843. The summed E-state index contributed by atoms with van der Waals surface area (Å²) in [5.41, 5.74) is 6.65. The summed E-state index contributed by atoms with van der Waals surface area (Å²) in [6, 6.07) is 4.22. The Balaban J connectivity index is 1.89. The van der Waals surface area contributed by atoms with Gasteiger partial charge in [-0.05, 0) is 32.3 Å². The molecule has 1 aromatic heterocycles. The number of nitrogens with two attached hydrogens (primary N) is 1. The van der Waals surface area contributed by atoms with E-state index in [0.29, 0.717) is 23.0 Å². The molecule has 3 rings (SSSR count). The van der Waals surface area contributed by atoms with Gasteiger partial charge in [0.15, 0.2) is 5.82 Å². The Bertz CT molecular complexity index is 644. The summed E-state index contributed by atoms with van der Waals surface area (Å²) >= 11 is 0. The van der Waals surface area contributed by atoms with Gasteiger partial charge in [0, 0.05) is 25.3 Å². The molecular formula is C14H18FN5O. The Morgan fingerprint density at radius 2 is 2.14 bits per heavy atom. The fourth-order valence-electron chi connectivity index (χ4n) is 2.50. The highest BCUT2D eigenvalue weighted by Gasteiger charge is 2.28. The van der Waals surface area contributed by atoms with Crippen molar-refractivity contribution in [3.05, 3.63) is 29.8 Å². The molecule has 0 spiro atoms. The van der Waals surface area contributed by atoms with E-state index in [1.165, 1.54) is 12.1 Å². The lowest BCUT2D eigenvalue weighted by Gasteiger charge is -2.35. The van der Waals surface area contributed by atoms with E-state index in [1.807, 2.05) is 7.05 Å². The Morgan fingerprint density at radius 3 is 2.90 bits per heavy atom. The number of anilines is 1. The van der Waals surface area contributed by atoms with Crippen molar-refractivity contribution in [1.29, 1.82) is 0 Å². The minimum Gasteiger partial charge on any atom is -0.398 e. The van der Waals surface area contributed by atoms with Gasteiger partial charge in [0.05, 0.1) is 11.6 Å². The minimum atomic E-state index is -0.385. The first-order chi connectivity index (χ1) is 10.0. The fraction of sp³-hybridized carbons (Fsp3) is 0.429. The van der Waals surface area contributed by atoms with Gasteiger partial charge in [-0.25, -0.2) is 4.39 Å². The third-order valence-electron chi connectivity index (χ3n) is 3.83. The van der Waals surface area contributed by atoms with Gasteiger partial charge in [0.2, 0.25) is 0 Å². The maximum atomic E-state index is 13.1. The van der Waals surface area contributed by atoms with Crippen LogP contribution in [0, 0.1) is 5.82 Å². The van der Waals surface area contributed by atoms with Crippen molar-refractivity contribution in [1.82, 2.24) is 19.9 Å². The van der Waals surface area contributed by atoms with Crippen molar-refractivity contribution in [2.75, 3.05) is 39.5 Å². The standard InChI is InChI=1S/C14H18FN5O/c1-19-5-6-20(2)12(8-19)13-17-14(21-18-13)10-4-3-9(15)7-11(10)16/h3-4,7,12H,5-6,8,16H2,1-2H3. The molecule has 2 heterocycles. The van der Waals surface area contributed by atoms with Gasteiger partial charge in [-0.1, -0.05) is 5.16 Å². The van der Waals surface area contributed by atoms with E-state index in [2.05, 4.69) is 27.0 Å². The molecule has 1 fully saturated rings. The maximum Gasteiger partial charge on any atom is 0.260 e. The second-order valence-corrected chi connectivity index (χ2v) is 5.45. The van der Waals surface area contributed by atoms with Crippen molar-refractivity contribution >= 4 is 5.69 Å². The van der Waals surface area contributed by atoms with E-state index in [9.17, 15) is 4.39 Å². The van der Waals surface area contributed by atoms with Crippen LogP contribution in [0.15, 0.2) is 22.7 Å². The lowest BCUT2D eigenvalue weighted by molar-refractivity contribution is 0.108. The van der Waals surface area contributed by atoms with Crippen LogP contribution in [0.4, 0.5) is 10.1 Å². The van der Waals surface area contributed by atoms with Gasteiger partial charge in [-0.2, -0.15) is 4.98 Å². The monoisotopic (exact) mass is 291 g/mol. The number of halogens is 1. The van der Waals surface area contributed by atoms with Gasteiger partial charge in [0.25, 0.3) is 5.89 Å². The summed E-state index contributed by atoms with van der Waals surface area (Å²) in [6.07, 6.45) is 0. The van der Waals surface area contributed by atoms with Gasteiger partial charge >= 0.3 is 0 Å². The summed E-state index contributed by atoms with van der Waals surface area (Å²) in [4.78, 5) is 8.86. The average Bonchev–Trinajstić information content (AvgIpc) is 2.91. The Hall–Kier alpha value is -1.99. The molecule has 21 heavy (non-hydrogen) atoms. The predicted molar refractivity (Wildman–Crippen MR) is 77.0 cm³/mol. The van der Waals surface area contributed by atoms with Gasteiger partial charge in [-0.15, -0.1) is 0 Å². The first-order valence-electron chi connectivity index (χ1n) is 6.82. The normalized spacial score (nSPS) is 20.8. The minimum absolute atomic E-state index is 0.0860. The van der Waals surface area contributed by atoms with Gasteiger partial charge in [0.1, 0.15) is 5.82 Å². The second kappa shape index (κ2) is 5.42. The molecule has 1 aliphatic rings. The predicted octanol–water partition coefficient (Wildman–Crippen LogP) is 1.38. The number of rotatable bonds is 2. The molecule has 1 saturated heterocycles. The Kier molecular flexibility index (Phi) is 3.60. The molecule has 2 aromatic rings. The third kappa shape index (κ3) is 2.74. The number of aromatic nitrogens is 2. The zero-order chi connectivity index (χ0) is 15.0. The van der Waals surface area contributed by atoms with Crippen molar-refractivity contribution in [3.8, 4) is 11.5 Å². The van der Waals surface area contributed by atoms with Crippen LogP contribution in [0.1, 0.15) is 11.9 Å². The molecule has 0 radical (unpaired) electrons. The van der Waals surface area contributed by atoms with Crippen molar-refractivity contribution in [2.24, 2.45) is 0 Å². The molecule has 1 atom stereocenters. The van der Waals surface area contributed by atoms with E-state index in [-0.39, 0.29) is 11.9 Å². The Morgan fingerprint density at radius 1 is 1.33 bits per heavy atom. The van der Waals surface area contributed by atoms with Crippen molar-refractivity contribution in [3.63, 3.8) is 0 Å². The van der Waals surface area contributed by atoms with E-state index in [1.54, 1.807) is 6.07 Å². The SMILES string of the molecule is CN1CCN(C)C(c2noc(-c3ccc(F)cc3N)n2)C1. The Labute approximate surface area is 122 Å². The maximum absolute atomic E-state index is 13.1. The molecule has 7 heteroatoms. The number of likely N-dealkylation sites (N-methyl/N-ethyl adjacent to an activating group) is 2. The number of nitrogens with zero attached hydrogens (tertiary/aromatic N) is 4. The highest BCUT2D eigenvalue weighted by molar-refractivity contribution is 5.70. The van der Waals surface area contributed by atoms with Crippen LogP contribution in [0.5, 0.6) is 0 Å². The lowest BCUT2D eigenvalue weighted by Crippen LogP contribution is -2.45. The molecule has 0 saturated carbocycles. The van der Waals surface area contributed by atoms with Crippen LogP contribution in [0.3, 0.4) is 0 Å². The van der Waals surface area contributed by atoms with Gasteiger partial charge < -0.3 is 15.2 Å². The molecule has 1 aromatic carbocycles. The molecule has 6 nitrogen and oxygen atoms in total. The highest BCUT2D eigenvalue weighted by Crippen LogP contribution is 2.28. The molecular weight excluding hydrogens is 273 g/mol. The van der Waals surface area contributed by atoms with Crippen LogP contribution in [0.2, 0.25) is 0 Å². The number of hydrogen-bond acceptors (Lipinski definition) is 6. The fourth-order valence-corrected chi connectivity index (χ4v) is 2.50. The third-order valence-corrected chi connectivity index (χ3v) is 3.83. The lowest BCUT2D eigenvalue weighted by atomic mass is 10.1. The van der Waals surface area contributed by atoms with Crippen molar-refractivity contribution in [2.45, 2.75) is 6.04 Å². The number of nitrogen functional groups attached to an aromatic ring is 1. The zero-order valence-electron chi connectivity index (χ0n) is 12.1. The molecule has 1 aliphatic heterocycles. The van der Waals surface area contributed by atoms with Crippen LogP contribution in [-0.2, 0) is 0 Å². The molecule has 112 valence electrons. The molecule has 1 unspecified atom stereocenters. The molecule has 2 N–H and O–H groups in total. The smallest absolute Gasteiger partial charge is 0.260 e. The molecule has 0 bridgehead atoms. The van der Waals surface area contributed by atoms with Crippen LogP contribution < -0.4 is 5.73 Å². The first-order valence-corrected chi connectivity index (χ1v) is 6.82. The van der Waals surface area contributed by atoms with Crippen LogP contribution in [0.25, 0.3) is 11.5 Å². The van der Waals surface area contributed by atoms with E-state index < -0.39 is 0 Å². The van der Waals surface area contributed by atoms with Crippen LogP contribution in [-0.4, -0.2) is 53.7 Å². The summed E-state index contributed by atoms with van der Waals surface area (Å²) < 4.78 is 18.4. The molecule has 0 aliphatic carbocycles. The van der Waals surface area contributed by atoms with E-state index >= 15 is 0 Å². The number of piperazine rings is 1. The number of hydrogen-bond donors (Lipinski definition) is 1. The summed E-state index contributed by atoms with van der Waals surface area (Å²) in [5, 5.41) is 4.06. The van der Waals surface area contributed by atoms with Crippen molar-refractivity contribution < 1.29 is 8.91 Å². The number of benzene rings is 1. The topological polar surface area (TPSA) is 71.4 Å². The average molecular weight is 291 g/mol. The summed E-state index contributed by atoms with van der Waals surface area (Å²) in [5.74, 6) is 0.566. The highest BCUT2D eigenvalue weighted by atomic mass is 19.1. The van der Waals surface area contributed by atoms with E-state index in [4.69, 9.17) is 10.3 Å². The largest absolute Gasteiger partial charge is 0.398 e. The van der Waals surface area contributed by atoms with Crippen LogP contribution >= 0.6 is 0 Å². The first kappa shape index (κ1) is 14.0. The van der Waals surface area contributed by atoms with Gasteiger partial charge in [-0.3, -0.25) is 4.90 Å².